The van der Waals surface area contributed by atoms with Gasteiger partial charge in [-0.05, 0) is 37.5 Å². The summed E-state index contributed by atoms with van der Waals surface area (Å²) in [6.07, 6.45) is 55.4. The minimum absolute atomic E-state index is 0.106. The molecule has 0 aromatic carbocycles. The van der Waals surface area contributed by atoms with Crippen molar-refractivity contribution < 1.29 is 80.2 Å². The second-order valence-electron chi connectivity index (χ2n) is 28.3. The fraction of sp³-hybridized carbons (Fsp3) is 0.947. The molecule has 0 amide bonds. The molecule has 19 heteroatoms. The van der Waals surface area contributed by atoms with E-state index in [0.29, 0.717) is 25.7 Å². The van der Waals surface area contributed by atoms with Crippen LogP contribution in [0.5, 0.6) is 0 Å². The first-order valence-electron chi connectivity index (χ1n) is 39.5. The van der Waals surface area contributed by atoms with E-state index in [1.165, 1.54) is 212 Å². The Bertz CT molecular complexity index is 1840. The molecule has 0 aromatic heterocycles. The Balaban J connectivity index is 5.24. The Morgan fingerprint density at radius 1 is 0.284 bits per heavy atom. The Labute approximate surface area is 581 Å². The number of ether oxygens (including phenoxy) is 4. The van der Waals surface area contributed by atoms with Crippen LogP contribution in [0.25, 0.3) is 0 Å². The zero-order valence-electron chi connectivity index (χ0n) is 62.0. The largest absolute Gasteiger partial charge is 0.472 e. The lowest BCUT2D eigenvalue weighted by Crippen LogP contribution is -2.30. The standard InChI is InChI=1S/C76H148O17P2/c1-7-9-11-13-15-17-19-20-22-26-29-35-41-47-53-59-74(79)87-65-71(92-75(80)60-54-48-42-36-30-27-24-21-23-25-28-32-38-44-50-56-68(3)4)66-90-94(82,83)88-62-70(77)63-89-95(84,85)91-67-72(64-86-73(78)58-52-46-40-34-18-16-14-12-10-8-2)93-76(81)61-55-49-43-37-31-33-39-45-51-57-69(5)6/h68-72,77H,7-67H2,1-6H3,(H,82,83)(H,84,85)/t70-,71-,72-/m1/s1. The highest BCUT2D eigenvalue weighted by atomic mass is 31.2. The van der Waals surface area contributed by atoms with E-state index >= 15 is 0 Å². The molecule has 95 heavy (non-hydrogen) atoms. The third-order valence-electron chi connectivity index (χ3n) is 17.7. The average molecular weight is 1400 g/mol. The number of aliphatic hydroxyl groups is 1. The number of hydrogen-bond donors (Lipinski definition) is 3. The van der Waals surface area contributed by atoms with E-state index in [0.717, 1.165) is 102 Å². The Kier molecular flexibility index (Phi) is 66.5. The second kappa shape index (κ2) is 67.9. The van der Waals surface area contributed by atoms with Crippen LogP contribution >= 0.6 is 15.6 Å². The average Bonchev–Trinajstić information content (AvgIpc) is 1.35. The normalized spacial score (nSPS) is 14.0. The minimum atomic E-state index is -4.96. The summed E-state index contributed by atoms with van der Waals surface area (Å²) < 4.78 is 68.5. The summed E-state index contributed by atoms with van der Waals surface area (Å²) in [5.74, 6) is -0.576. The maximum atomic E-state index is 13.1. The first kappa shape index (κ1) is 93.1. The molecular weight excluding hydrogens is 1250 g/mol. The smallest absolute Gasteiger partial charge is 0.462 e. The zero-order valence-corrected chi connectivity index (χ0v) is 63.8. The van der Waals surface area contributed by atoms with Crippen LogP contribution in [0.15, 0.2) is 0 Å². The maximum Gasteiger partial charge on any atom is 0.472 e. The van der Waals surface area contributed by atoms with Gasteiger partial charge in [0.05, 0.1) is 26.4 Å². The van der Waals surface area contributed by atoms with Crippen LogP contribution in [0.4, 0.5) is 0 Å². The van der Waals surface area contributed by atoms with Crippen LogP contribution in [0, 0.1) is 11.8 Å². The van der Waals surface area contributed by atoms with Crippen molar-refractivity contribution in [3.8, 4) is 0 Å². The van der Waals surface area contributed by atoms with Crippen LogP contribution in [0.1, 0.15) is 395 Å². The van der Waals surface area contributed by atoms with Crippen molar-refractivity contribution in [1.82, 2.24) is 0 Å². The Morgan fingerprint density at radius 2 is 0.484 bits per heavy atom. The summed E-state index contributed by atoms with van der Waals surface area (Å²) in [7, 11) is -9.91. The number of carbonyl (C=O) groups is 4. The topological polar surface area (TPSA) is 237 Å². The number of aliphatic hydroxyl groups excluding tert-OH is 1. The van der Waals surface area contributed by atoms with Gasteiger partial charge in [-0.2, -0.15) is 0 Å². The molecule has 17 nitrogen and oxygen atoms in total. The van der Waals surface area contributed by atoms with E-state index in [2.05, 4.69) is 41.5 Å². The molecule has 2 unspecified atom stereocenters. The van der Waals surface area contributed by atoms with Gasteiger partial charge in [-0.15, -0.1) is 0 Å². The van der Waals surface area contributed by atoms with Gasteiger partial charge >= 0.3 is 39.5 Å². The monoisotopic (exact) mass is 1400 g/mol. The first-order valence-corrected chi connectivity index (χ1v) is 42.5. The number of hydrogen-bond acceptors (Lipinski definition) is 15. The number of rotatable bonds is 75. The van der Waals surface area contributed by atoms with Crippen molar-refractivity contribution in [2.24, 2.45) is 11.8 Å². The van der Waals surface area contributed by atoms with Gasteiger partial charge in [-0.3, -0.25) is 37.3 Å². The summed E-state index contributed by atoms with van der Waals surface area (Å²) in [5, 5.41) is 10.6. The zero-order chi connectivity index (χ0) is 70.0. The van der Waals surface area contributed by atoms with Crippen LogP contribution in [0.3, 0.4) is 0 Å². The molecule has 0 bridgehead atoms. The van der Waals surface area contributed by atoms with Crippen molar-refractivity contribution in [3.63, 3.8) is 0 Å². The molecule has 0 aromatic rings. The third kappa shape index (κ3) is 70.3. The van der Waals surface area contributed by atoms with Gasteiger partial charge in [0, 0.05) is 25.7 Å². The number of carbonyl (C=O) groups excluding carboxylic acids is 4. The Morgan fingerprint density at radius 3 is 0.716 bits per heavy atom. The third-order valence-corrected chi connectivity index (χ3v) is 19.6. The second-order valence-corrected chi connectivity index (χ2v) is 31.3. The van der Waals surface area contributed by atoms with Gasteiger partial charge < -0.3 is 33.8 Å². The molecule has 0 aliphatic carbocycles. The number of unbranched alkanes of at least 4 members (excludes halogenated alkanes) is 45. The van der Waals surface area contributed by atoms with Crippen LogP contribution in [-0.4, -0.2) is 96.7 Å². The molecule has 5 atom stereocenters. The highest BCUT2D eigenvalue weighted by molar-refractivity contribution is 7.47. The van der Waals surface area contributed by atoms with Crippen LogP contribution < -0.4 is 0 Å². The molecule has 0 radical (unpaired) electrons. The molecule has 0 spiro atoms. The molecule has 564 valence electrons. The number of esters is 4. The first-order chi connectivity index (χ1) is 45.9. The van der Waals surface area contributed by atoms with E-state index in [-0.39, 0.29) is 25.7 Å². The van der Waals surface area contributed by atoms with Gasteiger partial charge in [-0.1, -0.05) is 343 Å². The molecule has 3 N–H and O–H groups in total. The van der Waals surface area contributed by atoms with Crippen molar-refractivity contribution in [1.29, 1.82) is 0 Å². The van der Waals surface area contributed by atoms with Crippen molar-refractivity contribution >= 4 is 39.5 Å². The molecule has 0 aliphatic heterocycles. The molecule has 0 aliphatic rings. The van der Waals surface area contributed by atoms with Crippen molar-refractivity contribution in [2.75, 3.05) is 39.6 Å². The Hall–Kier alpha value is -1.94. The molecule has 0 saturated carbocycles. The van der Waals surface area contributed by atoms with Gasteiger partial charge in [0.1, 0.15) is 19.3 Å². The van der Waals surface area contributed by atoms with Crippen LogP contribution in [0.2, 0.25) is 0 Å². The maximum absolute atomic E-state index is 13.1. The number of phosphoric acid groups is 2. The lowest BCUT2D eigenvalue weighted by atomic mass is 10.0. The van der Waals surface area contributed by atoms with Gasteiger partial charge in [0.15, 0.2) is 12.2 Å². The summed E-state index contributed by atoms with van der Waals surface area (Å²) >= 11 is 0. The highest BCUT2D eigenvalue weighted by Crippen LogP contribution is 2.45. The van der Waals surface area contributed by atoms with Gasteiger partial charge in [0.2, 0.25) is 0 Å². The van der Waals surface area contributed by atoms with E-state index in [1.54, 1.807) is 0 Å². The molecule has 0 saturated heterocycles. The summed E-state index contributed by atoms with van der Waals surface area (Å²) in [5.41, 5.74) is 0. The summed E-state index contributed by atoms with van der Waals surface area (Å²) in [6.45, 7) is 9.60. The quantitative estimate of drug-likeness (QED) is 0.0222. The predicted octanol–water partition coefficient (Wildman–Crippen LogP) is 22.3. The molecular formula is C76H148O17P2. The lowest BCUT2D eigenvalue weighted by Gasteiger charge is -2.21. The lowest BCUT2D eigenvalue weighted by molar-refractivity contribution is -0.161. The summed E-state index contributed by atoms with van der Waals surface area (Å²) in [6, 6.07) is 0. The predicted molar refractivity (Wildman–Crippen MR) is 386 cm³/mol. The van der Waals surface area contributed by atoms with E-state index in [1.807, 2.05) is 0 Å². The van der Waals surface area contributed by atoms with E-state index < -0.39 is 97.5 Å². The molecule has 0 heterocycles. The van der Waals surface area contributed by atoms with Gasteiger partial charge in [-0.25, -0.2) is 9.13 Å². The molecule has 0 fully saturated rings. The molecule has 0 rings (SSSR count). The summed E-state index contributed by atoms with van der Waals surface area (Å²) in [4.78, 5) is 72.8. The van der Waals surface area contributed by atoms with Crippen molar-refractivity contribution in [2.45, 2.75) is 413 Å². The minimum Gasteiger partial charge on any atom is -0.462 e. The highest BCUT2D eigenvalue weighted by Gasteiger charge is 2.30. The SMILES string of the molecule is CCCCCCCCCCCCCCCCCC(=O)OC[C@H](COP(=O)(O)OC[C@@H](O)COP(=O)(O)OC[C@@H](COC(=O)CCCCCCCCCCCC)OC(=O)CCCCCCCCCCCC(C)C)OC(=O)CCCCCCCCCCCCCCCCCC(C)C. The van der Waals surface area contributed by atoms with E-state index in [9.17, 15) is 43.2 Å². The van der Waals surface area contributed by atoms with Crippen LogP contribution in [-0.2, 0) is 65.4 Å². The van der Waals surface area contributed by atoms with Crippen molar-refractivity contribution in [3.05, 3.63) is 0 Å². The van der Waals surface area contributed by atoms with E-state index in [4.69, 9.17) is 37.0 Å². The van der Waals surface area contributed by atoms with Gasteiger partial charge in [0.25, 0.3) is 0 Å². The number of phosphoric ester groups is 2. The fourth-order valence-electron chi connectivity index (χ4n) is 11.7. The fourth-order valence-corrected chi connectivity index (χ4v) is 13.2.